The van der Waals surface area contributed by atoms with Crippen LogP contribution in [0.4, 0.5) is 0 Å². The Bertz CT molecular complexity index is 738. The molecule has 6 heteroatoms. The molecule has 1 aromatic rings. The average molecular weight is 390 g/mol. The predicted molar refractivity (Wildman–Crippen MR) is 104 cm³/mol. The van der Waals surface area contributed by atoms with Crippen molar-refractivity contribution in [3.8, 4) is 0 Å². The van der Waals surface area contributed by atoms with E-state index < -0.39 is 40.4 Å². The van der Waals surface area contributed by atoms with Crippen LogP contribution in [0.3, 0.4) is 0 Å². The van der Waals surface area contributed by atoms with Crippen molar-refractivity contribution in [2.24, 2.45) is 5.41 Å². The Morgan fingerprint density at radius 3 is 1.96 bits per heavy atom. The molecule has 0 bridgehead atoms. The number of carbonyl (C=O) groups excluding carboxylic acids is 2. The number of ether oxygens (including phenoxy) is 2. The maximum atomic E-state index is 13.2. The van der Waals surface area contributed by atoms with E-state index in [9.17, 15) is 19.5 Å². The van der Waals surface area contributed by atoms with Gasteiger partial charge in [-0.25, -0.2) is 0 Å². The highest BCUT2D eigenvalue weighted by atomic mass is 16.6. The van der Waals surface area contributed by atoms with Crippen molar-refractivity contribution in [2.75, 3.05) is 0 Å². The fourth-order valence-electron chi connectivity index (χ4n) is 3.56. The van der Waals surface area contributed by atoms with Crippen molar-refractivity contribution in [2.45, 2.75) is 77.9 Å². The molecule has 6 nitrogen and oxygen atoms in total. The minimum Gasteiger partial charge on any atom is -0.481 e. The summed E-state index contributed by atoms with van der Waals surface area (Å²) in [7, 11) is 0. The van der Waals surface area contributed by atoms with Gasteiger partial charge < -0.3 is 14.6 Å². The van der Waals surface area contributed by atoms with Crippen LogP contribution in [0.1, 0.15) is 71.4 Å². The minimum atomic E-state index is -1.57. The molecule has 28 heavy (non-hydrogen) atoms. The second kappa shape index (κ2) is 7.57. The number of hydrogen-bond acceptors (Lipinski definition) is 5. The number of fused-ring (bicyclic) bond motifs is 1. The zero-order valence-corrected chi connectivity index (χ0v) is 17.5. The first-order valence-corrected chi connectivity index (χ1v) is 9.50. The van der Waals surface area contributed by atoms with Gasteiger partial charge >= 0.3 is 17.9 Å². The summed E-state index contributed by atoms with van der Waals surface area (Å²) >= 11 is 0. The van der Waals surface area contributed by atoms with Crippen LogP contribution in [0.25, 0.3) is 0 Å². The Kier molecular flexibility index (Phi) is 5.93. The molecular formula is C22H30O6. The van der Waals surface area contributed by atoms with E-state index in [1.165, 1.54) is 0 Å². The first-order valence-electron chi connectivity index (χ1n) is 9.50. The normalized spacial score (nSPS) is 18.7. The van der Waals surface area contributed by atoms with E-state index in [1.54, 1.807) is 41.5 Å². The van der Waals surface area contributed by atoms with Gasteiger partial charge in [0.15, 0.2) is 5.41 Å². The summed E-state index contributed by atoms with van der Waals surface area (Å²) in [4.78, 5) is 37.9. The van der Waals surface area contributed by atoms with Crippen LogP contribution in [0, 0.1) is 5.41 Å². The Balaban J connectivity index is 2.56. The number of rotatable bonds is 4. The molecule has 0 heterocycles. The predicted octanol–water partition coefficient (Wildman–Crippen LogP) is 3.86. The van der Waals surface area contributed by atoms with Crippen LogP contribution in [0.2, 0.25) is 0 Å². The lowest BCUT2D eigenvalue weighted by Gasteiger charge is -2.40. The van der Waals surface area contributed by atoms with E-state index in [2.05, 4.69) is 0 Å². The highest BCUT2D eigenvalue weighted by Crippen LogP contribution is 2.46. The number of benzene rings is 1. The molecule has 0 fully saturated rings. The smallest absolute Gasteiger partial charge is 0.324 e. The highest BCUT2D eigenvalue weighted by molar-refractivity contribution is 6.01. The molecule has 0 spiro atoms. The lowest BCUT2D eigenvalue weighted by molar-refractivity contribution is -0.187. The summed E-state index contributed by atoms with van der Waals surface area (Å²) in [6.07, 6.45) is -0.00633. The van der Waals surface area contributed by atoms with Crippen molar-refractivity contribution >= 4 is 17.9 Å². The molecule has 1 atom stereocenters. The zero-order valence-electron chi connectivity index (χ0n) is 17.5. The second-order valence-electron chi connectivity index (χ2n) is 9.46. The molecule has 2 rings (SSSR count). The number of esters is 2. The average Bonchev–Trinajstić information content (AvgIpc) is 2.50. The van der Waals surface area contributed by atoms with Crippen molar-refractivity contribution in [3.63, 3.8) is 0 Å². The Morgan fingerprint density at radius 2 is 1.50 bits per heavy atom. The lowest BCUT2D eigenvalue weighted by atomic mass is 9.66. The summed E-state index contributed by atoms with van der Waals surface area (Å²) in [5.41, 5.74) is -1.52. The molecule has 154 valence electrons. The molecule has 1 N–H and O–H groups in total. The molecule has 1 unspecified atom stereocenters. The maximum absolute atomic E-state index is 13.2. The monoisotopic (exact) mass is 390 g/mol. The largest absolute Gasteiger partial charge is 0.481 e. The van der Waals surface area contributed by atoms with E-state index in [1.807, 2.05) is 24.3 Å². The van der Waals surface area contributed by atoms with Crippen molar-refractivity contribution in [3.05, 3.63) is 35.4 Å². The molecule has 0 radical (unpaired) electrons. The summed E-state index contributed by atoms with van der Waals surface area (Å²) in [6, 6.07) is 7.34. The first kappa shape index (κ1) is 21.9. The molecule has 0 aliphatic heterocycles. The fraction of sp³-hybridized carbons (Fsp3) is 0.591. The summed E-state index contributed by atoms with van der Waals surface area (Å²) < 4.78 is 11.2. The minimum absolute atomic E-state index is 0.0418. The van der Waals surface area contributed by atoms with Crippen LogP contribution < -0.4 is 0 Å². The van der Waals surface area contributed by atoms with Crippen LogP contribution in [0.15, 0.2) is 24.3 Å². The number of hydrogen-bond donors (Lipinski definition) is 1. The summed E-state index contributed by atoms with van der Waals surface area (Å²) in [5, 5.41) is 9.38. The molecule has 1 aromatic carbocycles. The van der Waals surface area contributed by atoms with Gasteiger partial charge in [0.2, 0.25) is 0 Å². The SMILES string of the molecule is CC(C)(C)OC(=O)C1(C(=O)OC(C)(C)C)Cc2ccccc2C(CC(=O)O)C1. The van der Waals surface area contributed by atoms with E-state index in [-0.39, 0.29) is 19.3 Å². The first-order chi connectivity index (χ1) is 12.7. The molecule has 0 saturated heterocycles. The van der Waals surface area contributed by atoms with E-state index in [0.717, 1.165) is 11.1 Å². The highest BCUT2D eigenvalue weighted by Gasteiger charge is 2.55. The van der Waals surface area contributed by atoms with E-state index in [0.29, 0.717) is 0 Å². The van der Waals surface area contributed by atoms with Gasteiger partial charge in [-0.3, -0.25) is 14.4 Å². The van der Waals surface area contributed by atoms with Crippen LogP contribution in [0.5, 0.6) is 0 Å². The molecule has 0 amide bonds. The van der Waals surface area contributed by atoms with Gasteiger partial charge in [-0.1, -0.05) is 24.3 Å². The van der Waals surface area contributed by atoms with Gasteiger partial charge in [0.25, 0.3) is 0 Å². The Labute approximate surface area is 166 Å². The third-order valence-corrected chi connectivity index (χ3v) is 4.58. The van der Waals surface area contributed by atoms with Gasteiger partial charge in [0.05, 0.1) is 6.42 Å². The lowest BCUT2D eigenvalue weighted by Crippen LogP contribution is -2.50. The zero-order chi connectivity index (χ0) is 21.3. The fourth-order valence-corrected chi connectivity index (χ4v) is 3.56. The third kappa shape index (κ3) is 5.12. The summed E-state index contributed by atoms with van der Waals surface area (Å²) in [5.74, 6) is -2.80. The van der Waals surface area contributed by atoms with Gasteiger partial charge in [-0.15, -0.1) is 0 Å². The maximum Gasteiger partial charge on any atom is 0.324 e. The van der Waals surface area contributed by atoms with Gasteiger partial charge in [0.1, 0.15) is 11.2 Å². The molecule has 1 aliphatic carbocycles. The number of carboxylic acid groups (broad SMARTS) is 1. The van der Waals surface area contributed by atoms with E-state index in [4.69, 9.17) is 9.47 Å². The van der Waals surface area contributed by atoms with Gasteiger partial charge in [0, 0.05) is 0 Å². The third-order valence-electron chi connectivity index (χ3n) is 4.58. The molecule has 0 saturated carbocycles. The summed E-state index contributed by atoms with van der Waals surface area (Å²) in [6.45, 7) is 10.4. The standard InChI is InChI=1S/C22H30O6/c1-20(2,3)27-18(25)22(19(26)28-21(4,5)6)12-14-9-7-8-10-16(14)15(13-22)11-17(23)24/h7-10,15H,11-13H2,1-6H3,(H,23,24). The Hall–Kier alpha value is -2.37. The van der Waals surface area contributed by atoms with Crippen molar-refractivity contribution in [1.29, 1.82) is 0 Å². The van der Waals surface area contributed by atoms with Gasteiger partial charge in [-0.05, 0) is 71.4 Å². The van der Waals surface area contributed by atoms with Crippen molar-refractivity contribution in [1.82, 2.24) is 0 Å². The number of carbonyl (C=O) groups is 3. The quantitative estimate of drug-likeness (QED) is 0.620. The van der Waals surface area contributed by atoms with Crippen molar-refractivity contribution < 1.29 is 29.0 Å². The Morgan fingerprint density at radius 1 is 1.00 bits per heavy atom. The topological polar surface area (TPSA) is 89.9 Å². The molecule has 1 aliphatic rings. The number of aliphatic carboxylic acids is 1. The number of carboxylic acids is 1. The van der Waals surface area contributed by atoms with Gasteiger partial charge in [-0.2, -0.15) is 0 Å². The van der Waals surface area contributed by atoms with Crippen LogP contribution >= 0.6 is 0 Å². The molecular weight excluding hydrogens is 360 g/mol. The second-order valence-corrected chi connectivity index (χ2v) is 9.46. The van der Waals surface area contributed by atoms with Crippen LogP contribution in [-0.2, 0) is 30.3 Å². The molecule has 0 aromatic heterocycles. The van der Waals surface area contributed by atoms with Crippen LogP contribution in [-0.4, -0.2) is 34.2 Å². The van der Waals surface area contributed by atoms with E-state index >= 15 is 0 Å².